The normalized spacial score (nSPS) is 30.7. The number of aliphatic hydroxyl groups excluding tert-OH is 1. The zero-order valence-electron chi connectivity index (χ0n) is 13.3. The van der Waals surface area contributed by atoms with Crippen LogP contribution >= 0.6 is 0 Å². The number of benzene rings is 1. The molecule has 0 aromatic heterocycles. The molecule has 1 aromatic rings. The maximum atomic E-state index is 12.8. The van der Waals surface area contributed by atoms with Gasteiger partial charge in [-0.15, -0.1) is 0 Å². The summed E-state index contributed by atoms with van der Waals surface area (Å²) in [5, 5.41) is 10.1. The molecule has 0 heterocycles. The fourth-order valence-corrected chi connectivity index (χ4v) is 4.42. The number of aliphatic hydroxyl groups is 1. The van der Waals surface area contributed by atoms with Gasteiger partial charge in [-0.05, 0) is 55.6 Å². The maximum absolute atomic E-state index is 12.8. The molecule has 3 unspecified atom stereocenters. The highest BCUT2D eigenvalue weighted by Crippen LogP contribution is 2.60. The Morgan fingerprint density at radius 2 is 2.18 bits per heavy atom. The number of amides is 1. The number of rotatable bonds is 4. The Hall–Kier alpha value is -1.35. The van der Waals surface area contributed by atoms with Crippen LogP contribution in [0.1, 0.15) is 43.2 Å². The number of nitrogens with zero attached hydrogens (tertiary/aromatic N) is 1. The van der Waals surface area contributed by atoms with E-state index in [1.165, 1.54) is 17.5 Å². The Bertz CT molecular complexity index is 595. The lowest BCUT2D eigenvalue weighted by atomic mass is 9.78. The third-order valence-corrected chi connectivity index (χ3v) is 6.00. The third kappa shape index (κ3) is 2.26. The lowest BCUT2D eigenvalue weighted by Crippen LogP contribution is -2.38. The van der Waals surface area contributed by atoms with Crippen molar-refractivity contribution in [1.29, 1.82) is 0 Å². The van der Waals surface area contributed by atoms with E-state index in [9.17, 15) is 9.90 Å². The molecule has 1 N–H and O–H groups in total. The number of carbonyl (C=O) groups is 1. The van der Waals surface area contributed by atoms with Gasteiger partial charge in [-0.25, -0.2) is 0 Å². The van der Waals surface area contributed by atoms with Crippen LogP contribution in [0.15, 0.2) is 24.3 Å². The fraction of sp³-hybridized carbons (Fsp3) is 0.632. The van der Waals surface area contributed by atoms with Crippen LogP contribution in [0.3, 0.4) is 0 Å². The van der Waals surface area contributed by atoms with Crippen LogP contribution in [0.25, 0.3) is 0 Å². The van der Waals surface area contributed by atoms with Gasteiger partial charge in [0.1, 0.15) is 0 Å². The van der Waals surface area contributed by atoms with E-state index in [1.54, 1.807) is 4.90 Å². The van der Waals surface area contributed by atoms with Gasteiger partial charge >= 0.3 is 0 Å². The van der Waals surface area contributed by atoms with Crippen molar-refractivity contribution in [3.05, 3.63) is 35.4 Å². The number of carbonyl (C=O) groups excluding carboxylic acids is 1. The summed E-state index contributed by atoms with van der Waals surface area (Å²) in [6.07, 6.45) is 6.37. The molecule has 3 aliphatic carbocycles. The predicted octanol–water partition coefficient (Wildman–Crippen LogP) is 2.51. The van der Waals surface area contributed by atoms with E-state index in [1.807, 2.05) is 7.05 Å². The van der Waals surface area contributed by atoms with Crippen molar-refractivity contribution in [1.82, 2.24) is 4.90 Å². The lowest BCUT2D eigenvalue weighted by molar-refractivity contribution is -0.133. The van der Waals surface area contributed by atoms with Crippen molar-refractivity contribution in [3.63, 3.8) is 0 Å². The first-order valence-corrected chi connectivity index (χ1v) is 8.63. The molecule has 0 saturated heterocycles. The molecule has 0 aliphatic heterocycles. The second kappa shape index (κ2) is 5.09. The quantitative estimate of drug-likeness (QED) is 0.928. The molecule has 1 spiro atoms. The summed E-state index contributed by atoms with van der Waals surface area (Å²) in [6, 6.07) is 8.65. The molecule has 1 amide bonds. The summed E-state index contributed by atoms with van der Waals surface area (Å²) >= 11 is 0. The first-order chi connectivity index (χ1) is 10.6. The average Bonchev–Trinajstić information content (AvgIpc) is 3.42. The molecule has 3 heteroatoms. The summed E-state index contributed by atoms with van der Waals surface area (Å²) in [4.78, 5) is 14.6. The van der Waals surface area contributed by atoms with Crippen molar-refractivity contribution in [3.8, 4) is 0 Å². The monoisotopic (exact) mass is 299 g/mol. The molecule has 118 valence electrons. The number of fused-ring (bicyclic) bond motifs is 2. The summed E-state index contributed by atoms with van der Waals surface area (Å²) < 4.78 is 0. The van der Waals surface area contributed by atoms with Gasteiger partial charge in [-0.3, -0.25) is 4.79 Å². The Morgan fingerprint density at radius 3 is 2.95 bits per heavy atom. The summed E-state index contributed by atoms with van der Waals surface area (Å²) in [7, 11) is 1.86. The van der Waals surface area contributed by atoms with Gasteiger partial charge in [0.2, 0.25) is 5.91 Å². The van der Waals surface area contributed by atoms with Crippen LogP contribution in [0.4, 0.5) is 0 Å². The molecule has 3 aliphatic rings. The summed E-state index contributed by atoms with van der Waals surface area (Å²) in [6.45, 7) is 0.498. The van der Waals surface area contributed by atoms with Gasteiger partial charge in [0.15, 0.2) is 0 Å². The van der Waals surface area contributed by atoms with Crippen LogP contribution in [-0.4, -0.2) is 35.6 Å². The summed E-state index contributed by atoms with van der Waals surface area (Å²) in [5.41, 5.74) is 2.95. The van der Waals surface area contributed by atoms with Crippen molar-refractivity contribution < 1.29 is 9.90 Å². The minimum Gasteiger partial charge on any atom is -0.391 e. The lowest BCUT2D eigenvalue weighted by Gasteiger charge is -2.28. The SMILES string of the molecule is CN(CC(O)C1CC1)C(=O)C1CC12CCCc1ccccc12. The molecule has 1 aromatic carbocycles. The topological polar surface area (TPSA) is 40.5 Å². The molecular formula is C19H25NO2. The molecule has 3 nitrogen and oxygen atoms in total. The van der Waals surface area contributed by atoms with E-state index < -0.39 is 0 Å². The Balaban J connectivity index is 1.48. The second-order valence-electron chi connectivity index (χ2n) is 7.55. The van der Waals surface area contributed by atoms with E-state index in [2.05, 4.69) is 24.3 Å². The number of likely N-dealkylation sites (N-methyl/N-ethyl adjacent to an activating group) is 1. The highest BCUT2D eigenvalue weighted by atomic mass is 16.3. The smallest absolute Gasteiger partial charge is 0.226 e. The van der Waals surface area contributed by atoms with Crippen LogP contribution in [0.2, 0.25) is 0 Å². The van der Waals surface area contributed by atoms with E-state index in [0.717, 1.165) is 32.1 Å². The number of hydrogen-bond donors (Lipinski definition) is 1. The number of aryl methyl sites for hydroxylation is 1. The predicted molar refractivity (Wildman–Crippen MR) is 85.5 cm³/mol. The van der Waals surface area contributed by atoms with Gasteiger partial charge in [0.05, 0.1) is 6.10 Å². The van der Waals surface area contributed by atoms with Crippen LogP contribution in [0, 0.1) is 11.8 Å². The van der Waals surface area contributed by atoms with Crippen LogP contribution < -0.4 is 0 Å². The van der Waals surface area contributed by atoms with Crippen molar-refractivity contribution >= 4 is 5.91 Å². The van der Waals surface area contributed by atoms with Gasteiger partial charge in [0, 0.05) is 24.9 Å². The average molecular weight is 299 g/mol. The van der Waals surface area contributed by atoms with Gasteiger partial charge in [-0.2, -0.15) is 0 Å². The van der Waals surface area contributed by atoms with Crippen LogP contribution in [0.5, 0.6) is 0 Å². The zero-order chi connectivity index (χ0) is 15.3. The molecule has 3 atom stereocenters. The molecule has 2 fully saturated rings. The largest absolute Gasteiger partial charge is 0.391 e. The highest BCUT2D eigenvalue weighted by molar-refractivity contribution is 5.84. The Morgan fingerprint density at radius 1 is 1.41 bits per heavy atom. The minimum absolute atomic E-state index is 0.102. The Kier molecular flexibility index (Phi) is 3.30. The molecule has 22 heavy (non-hydrogen) atoms. The minimum atomic E-state index is -0.331. The molecule has 2 saturated carbocycles. The third-order valence-electron chi connectivity index (χ3n) is 6.00. The van der Waals surface area contributed by atoms with Gasteiger partial charge < -0.3 is 10.0 Å². The zero-order valence-corrected chi connectivity index (χ0v) is 13.3. The number of hydrogen-bond acceptors (Lipinski definition) is 2. The van der Waals surface area contributed by atoms with E-state index in [0.29, 0.717) is 12.5 Å². The van der Waals surface area contributed by atoms with E-state index in [4.69, 9.17) is 0 Å². The van der Waals surface area contributed by atoms with Crippen molar-refractivity contribution in [2.75, 3.05) is 13.6 Å². The highest BCUT2D eigenvalue weighted by Gasteiger charge is 2.60. The first kappa shape index (κ1) is 14.3. The summed E-state index contributed by atoms with van der Waals surface area (Å²) in [5.74, 6) is 0.792. The molecule has 0 bridgehead atoms. The molecule has 0 radical (unpaired) electrons. The fourth-order valence-electron chi connectivity index (χ4n) is 4.42. The van der Waals surface area contributed by atoms with Crippen LogP contribution in [-0.2, 0) is 16.6 Å². The standard InChI is InChI=1S/C19H25NO2/c1-20(12-17(21)14-8-9-14)18(22)16-11-19(16)10-4-6-13-5-2-3-7-15(13)19/h2-3,5,7,14,16-17,21H,4,6,8-12H2,1H3. The van der Waals surface area contributed by atoms with Crippen molar-refractivity contribution in [2.45, 2.75) is 50.0 Å². The van der Waals surface area contributed by atoms with E-state index in [-0.39, 0.29) is 23.3 Å². The first-order valence-electron chi connectivity index (χ1n) is 8.63. The molecular weight excluding hydrogens is 274 g/mol. The van der Waals surface area contributed by atoms with Gasteiger partial charge in [0.25, 0.3) is 0 Å². The maximum Gasteiger partial charge on any atom is 0.226 e. The van der Waals surface area contributed by atoms with E-state index >= 15 is 0 Å². The van der Waals surface area contributed by atoms with Crippen molar-refractivity contribution in [2.24, 2.45) is 11.8 Å². The second-order valence-corrected chi connectivity index (χ2v) is 7.55. The Labute approximate surface area is 132 Å². The molecule has 4 rings (SSSR count). The van der Waals surface area contributed by atoms with Gasteiger partial charge in [-0.1, -0.05) is 24.3 Å².